The van der Waals surface area contributed by atoms with Crippen molar-refractivity contribution in [3.63, 3.8) is 0 Å². The van der Waals surface area contributed by atoms with Crippen molar-refractivity contribution in [1.82, 2.24) is 14.7 Å². The predicted molar refractivity (Wildman–Crippen MR) is 94.7 cm³/mol. The van der Waals surface area contributed by atoms with Crippen molar-refractivity contribution in [2.45, 2.75) is 13.5 Å². The van der Waals surface area contributed by atoms with Crippen LogP contribution in [0.15, 0.2) is 41.3 Å². The molecule has 130 valence electrons. The van der Waals surface area contributed by atoms with E-state index in [0.29, 0.717) is 16.4 Å². The predicted octanol–water partition coefficient (Wildman–Crippen LogP) is 2.91. The van der Waals surface area contributed by atoms with Crippen molar-refractivity contribution in [1.29, 1.82) is 0 Å². The second kappa shape index (κ2) is 6.94. The third-order valence-electron chi connectivity index (χ3n) is 3.62. The van der Waals surface area contributed by atoms with Crippen molar-refractivity contribution in [2.75, 3.05) is 12.4 Å². The van der Waals surface area contributed by atoms with Gasteiger partial charge in [-0.05, 0) is 30.7 Å². The number of aromatic nitrogens is 2. The second-order valence-corrected chi connectivity index (χ2v) is 6.79. The number of furan rings is 1. The third kappa shape index (κ3) is 3.80. The first-order chi connectivity index (χ1) is 11.9. The van der Waals surface area contributed by atoms with Crippen LogP contribution in [0.1, 0.15) is 31.4 Å². The Balaban J connectivity index is 1.70. The van der Waals surface area contributed by atoms with Gasteiger partial charge in [0.2, 0.25) is 0 Å². The Kier molecular flexibility index (Phi) is 4.71. The minimum atomic E-state index is -0.339. The highest BCUT2D eigenvalue weighted by atomic mass is 32.1. The van der Waals surface area contributed by atoms with Crippen LogP contribution in [0.4, 0.5) is 5.00 Å². The number of carbonyl (C=O) groups excluding carboxylic acids is 2. The summed E-state index contributed by atoms with van der Waals surface area (Å²) >= 11 is 1.25. The van der Waals surface area contributed by atoms with E-state index >= 15 is 0 Å². The van der Waals surface area contributed by atoms with E-state index < -0.39 is 0 Å². The van der Waals surface area contributed by atoms with E-state index in [9.17, 15) is 9.59 Å². The number of nitrogens with zero attached hydrogens (tertiary/aromatic N) is 3. The van der Waals surface area contributed by atoms with Gasteiger partial charge in [-0.25, -0.2) is 0 Å². The second-order valence-electron chi connectivity index (χ2n) is 5.74. The Morgan fingerprint density at radius 2 is 2.24 bits per heavy atom. The van der Waals surface area contributed by atoms with E-state index in [4.69, 9.17) is 4.42 Å². The Bertz CT molecular complexity index is 895. The zero-order chi connectivity index (χ0) is 18.0. The van der Waals surface area contributed by atoms with Crippen LogP contribution >= 0.6 is 11.3 Å². The van der Waals surface area contributed by atoms with Crippen molar-refractivity contribution in [3.8, 4) is 0 Å². The highest BCUT2D eigenvalue weighted by molar-refractivity contribution is 7.18. The molecule has 3 aromatic rings. The van der Waals surface area contributed by atoms with Crippen LogP contribution < -0.4 is 5.32 Å². The molecule has 0 saturated carbocycles. The normalized spacial score (nSPS) is 10.7. The maximum absolute atomic E-state index is 12.7. The summed E-state index contributed by atoms with van der Waals surface area (Å²) in [5, 5.41) is 7.47. The first-order valence-corrected chi connectivity index (χ1v) is 8.44. The van der Waals surface area contributed by atoms with E-state index in [0.717, 1.165) is 11.1 Å². The lowest BCUT2D eigenvalue weighted by molar-refractivity contribution is 0.0789. The van der Waals surface area contributed by atoms with Gasteiger partial charge in [-0.1, -0.05) is 0 Å². The standard InChI is InChI=1S/C17H18N4O3S/c1-11-7-14(19-16(22)13-5-4-6-24-13)25-15(11)17(23)20(2)9-12-8-18-21(3)10-12/h4-8,10H,9H2,1-3H3,(H,19,22). The number of hydrogen-bond acceptors (Lipinski definition) is 5. The quantitative estimate of drug-likeness (QED) is 0.760. The monoisotopic (exact) mass is 358 g/mol. The zero-order valence-corrected chi connectivity index (χ0v) is 15.0. The lowest BCUT2D eigenvalue weighted by Gasteiger charge is -2.15. The van der Waals surface area contributed by atoms with Crippen LogP contribution in [0.3, 0.4) is 0 Å². The minimum Gasteiger partial charge on any atom is -0.459 e. The third-order valence-corrected chi connectivity index (χ3v) is 4.76. The Morgan fingerprint density at radius 3 is 2.88 bits per heavy atom. The maximum atomic E-state index is 12.7. The van der Waals surface area contributed by atoms with E-state index in [1.807, 2.05) is 20.2 Å². The summed E-state index contributed by atoms with van der Waals surface area (Å²) in [6, 6.07) is 5.02. The molecule has 1 N–H and O–H groups in total. The molecule has 3 heterocycles. The molecule has 25 heavy (non-hydrogen) atoms. The Labute approximate surface area is 148 Å². The molecule has 0 aromatic carbocycles. The van der Waals surface area contributed by atoms with E-state index in [2.05, 4.69) is 10.4 Å². The number of rotatable bonds is 5. The fourth-order valence-electron chi connectivity index (χ4n) is 2.41. The Morgan fingerprint density at radius 1 is 1.44 bits per heavy atom. The molecular weight excluding hydrogens is 340 g/mol. The fourth-order valence-corrected chi connectivity index (χ4v) is 3.47. The number of amides is 2. The molecule has 0 aliphatic carbocycles. The van der Waals surface area contributed by atoms with Crippen molar-refractivity contribution in [3.05, 3.63) is 58.6 Å². The smallest absolute Gasteiger partial charge is 0.291 e. The minimum absolute atomic E-state index is 0.0927. The molecule has 0 aliphatic heterocycles. The SMILES string of the molecule is Cc1cc(NC(=O)c2ccco2)sc1C(=O)N(C)Cc1cnn(C)c1. The molecule has 0 aliphatic rings. The molecule has 0 atom stereocenters. The molecule has 0 radical (unpaired) electrons. The van der Waals surface area contributed by atoms with Crippen LogP contribution in [0.25, 0.3) is 0 Å². The molecular formula is C17H18N4O3S. The first kappa shape index (κ1) is 17.0. The first-order valence-electron chi connectivity index (χ1n) is 7.62. The van der Waals surface area contributed by atoms with E-state index in [1.165, 1.54) is 17.6 Å². The average Bonchev–Trinajstić information content (AvgIpc) is 3.28. The Hall–Kier alpha value is -2.87. The van der Waals surface area contributed by atoms with E-state index in [-0.39, 0.29) is 17.6 Å². The van der Waals surface area contributed by atoms with Gasteiger partial charge in [-0.3, -0.25) is 14.3 Å². The van der Waals surface area contributed by atoms with E-state index in [1.54, 1.807) is 41.0 Å². The molecule has 0 bridgehead atoms. The van der Waals surface area contributed by atoms with Gasteiger partial charge in [0.15, 0.2) is 5.76 Å². The summed E-state index contributed by atoms with van der Waals surface area (Å²) in [5.74, 6) is -0.202. The molecule has 0 fully saturated rings. The van der Waals surface area contributed by atoms with Crippen LogP contribution in [-0.4, -0.2) is 33.5 Å². The lowest BCUT2D eigenvalue weighted by Crippen LogP contribution is -2.25. The van der Waals surface area contributed by atoms with Gasteiger partial charge in [-0.2, -0.15) is 5.10 Å². The van der Waals surface area contributed by atoms with Gasteiger partial charge in [0.1, 0.15) is 0 Å². The van der Waals surface area contributed by atoms with Crippen molar-refractivity contribution < 1.29 is 14.0 Å². The molecule has 0 saturated heterocycles. The molecule has 8 heteroatoms. The average molecular weight is 358 g/mol. The number of hydrogen-bond donors (Lipinski definition) is 1. The number of aryl methyl sites for hydroxylation is 2. The molecule has 2 amide bonds. The fraction of sp³-hybridized carbons (Fsp3) is 0.235. The number of thiophene rings is 1. The van der Waals surface area contributed by atoms with Crippen LogP contribution in [-0.2, 0) is 13.6 Å². The number of anilines is 1. The summed E-state index contributed by atoms with van der Waals surface area (Å²) in [6.45, 7) is 2.32. The van der Waals surface area contributed by atoms with Gasteiger partial charge < -0.3 is 14.6 Å². The van der Waals surface area contributed by atoms with Crippen LogP contribution in [0.5, 0.6) is 0 Å². The highest BCUT2D eigenvalue weighted by Crippen LogP contribution is 2.28. The number of carbonyl (C=O) groups is 2. The molecule has 0 unspecified atom stereocenters. The van der Waals surface area contributed by atoms with Crippen LogP contribution in [0, 0.1) is 6.92 Å². The van der Waals surface area contributed by atoms with Crippen molar-refractivity contribution in [2.24, 2.45) is 7.05 Å². The summed E-state index contributed by atoms with van der Waals surface area (Å²) < 4.78 is 6.77. The highest BCUT2D eigenvalue weighted by Gasteiger charge is 2.19. The number of nitrogens with one attached hydrogen (secondary N) is 1. The molecule has 0 spiro atoms. The van der Waals surface area contributed by atoms with Gasteiger partial charge in [0, 0.05) is 32.4 Å². The van der Waals surface area contributed by atoms with Crippen LogP contribution in [0.2, 0.25) is 0 Å². The largest absolute Gasteiger partial charge is 0.459 e. The van der Waals surface area contributed by atoms with Gasteiger partial charge in [0.05, 0.1) is 22.3 Å². The molecule has 3 aromatic heterocycles. The molecule has 3 rings (SSSR count). The maximum Gasteiger partial charge on any atom is 0.291 e. The lowest BCUT2D eigenvalue weighted by atomic mass is 10.2. The zero-order valence-electron chi connectivity index (χ0n) is 14.1. The van der Waals surface area contributed by atoms with Gasteiger partial charge >= 0.3 is 0 Å². The topological polar surface area (TPSA) is 80.4 Å². The van der Waals surface area contributed by atoms with Gasteiger partial charge in [0.25, 0.3) is 11.8 Å². The summed E-state index contributed by atoms with van der Waals surface area (Å²) in [5.41, 5.74) is 1.78. The molecule has 7 nitrogen and oxygen atoms in total. The summed E-state index contributed by atoms with van der Waals surface area (Å²) in [4.78, 5) is 27.0. The summed E-state index contributed by atoms with van der Waals surface area (Å²) in [6.07, 6.45) is 5.05. The van der Waals surface area contributed by atoms with Crippen molar-refractivity contribution >= 4 is 28.2 Å². The summed E-state index contributed by atoms with van der Waals surface area (Å²) in [7, 11) is 3.58. The van der Waals surface area contributed by atoms with Gasteiger partial charge in [-0.15, -0.1) is 11.3 Å².